The highest BCUT2D eigenvalue weighted by molar-refractivity contribution is 6.35. The van der Waals surface area contributed by atoms with E-state index in [1.165, 1.54) is 11.1 Å². The van der Waals surface area contributed by atoms with Gasteiger partial charge in [-0.2, -0.15) is 0 Å². The van der Waals surface area contributed by atoms with Gasteiger partial charge in [0.15, 0.2) is 11.6 Å². The first-order valence-corrected chi connectivity index (χ1v) is 16.2. The molecule has 0 aromatic heterocycles. The molecule has 0 saturated carbocycles. The first-order chi connectivity index (χ1) is 22.9. The van der Waals surface area contributed by atoms with Crippen LogP contribution >= 0.6 is 23.2 Å². The largest absolute Gasteiger partial charge is 0.494 e. The van der Waals surface area contributed by atoms with E-state index in [4.69, 9.17) is 48.3 Å². The molecule has 0 spiro atoms. The van der Waals surface area contributed by atoms with Gasteiger partial charge >= 0.3 is 0 Å². The summed E-state index contributed by atoms with van der Waals surface area (Å²) < 4.78 is 12.4. The van der Waals surface area contributed by atoms with Crippen LogP contribution in [-0.4, -0.2) is 41.7 Å². The Morgan fingerprint density at radius 1 is 1.02 bits per heavy atom. The molecule has 0 unspecified atom stereocenters. The number of carbonyl (C=O) groups excluding carboxylic acids is 1. The van der Waals surface area contributed by atoms with Crippen LogP contribution in [0.2, 0.25) is 10.0 Å². The molecule has 0 saturated heterocycles. The van der Waals surface area contributed by atoms with Crippen LogP contribution in [0.4, 0.5) is 0 Å². The van der Waals surface area contributed by atoms with Crippen LogP contribution in [0.15, 0.2) is 101 Å². The molecule has 2 N–H and O–H groups in total. The quantitative estimate of drug-likeness (QED) is 0.0707. The molecule has 1 aliphatic heterocycles. The van der Waals surface area contributed by atoms with E-state index in [2.05, 4.69) is 27.5 Å². The van der Waals surface area contributed by atoms with Crippen molar-refractivity contribution in [2.75, 3.05) is 13.2 Å². The predicted octanol–water partition coefficient (Wildman–Crippen LogP) is 7.35. The number of aliphatic imine (C=N–C) groups is 1. The van der Waals surface area contributed by atoms with Crippen LogP contribution in [0.25, 0.3) is 10.4 Å². The fraction of sp³-hybridized carbons (Fsp3) is 0.278. The summed E-state index contributed by atoms with van der Waals surface area (Å²) in [5.74, 6) is 0.610. The third-order valence-corrected chi connectivity index (χ3v) is 9.11. The summed E-state index contributed by atoms with van der Waals surface area (Å²) in [6.45, 7) is 0.540. The molecule has 2 atom stereocenters. The molecule has 1 heterocycles. The van der Waals surface area contributed by atoms with E-state index in [0.717, 1.165) is 11.1 Å². The van der Waals surface area contributed by atoms with E-state index < -0.39 is 11.6 Å². The number of aliphatic hydroxyl groups is 1. The second-order valence-corrected chi connectivity index (χ2v) is 12.5. The molecule has 0 radical (unpaired) electrons. The first-order valence-electron chi connectivity index (χ1n) is 15.4. The maximum atomic E-state index is 14.9. The van der Waals surface area contributed by atoms with E-state index in [1.807, 2.05) is 48.5 Å². The average molecular weight is 671 g/mol. The number of rotatable bonds is 12. The molecule has 9 nitrogen and oxygen atoms in total. The Morgan fingerprint density at radius 3 is 2.40 bits per heavy atom. The fourth-order valence-electron chi connectivity index (χ4n) is 6.23. The Bertz CT molecular complexity index is 1820. The molecule has 0 fully saturated rings. The number of hydrogen-bond donors (Lipinski definition) is 2. The fourth-order valence-corrected chi connectivity index (χ4v) is 6.73. The SMILES string of the molecule is [N-]=[N+]=NCc1ccccc1C[C@@]1(C(=O)NC2Cc3ccccc3C2)N=C(c2ccc(OCCCO)cc2)O[C@@H]1c1ccc(Cl)cc1Cl. The average Bonchev–Trinajstić information content (AvgIpc) is 3.67. The summed E-state index contributed by atoms with van der Waals surface area (Å²) in [5, 5.41) is 17.0. The Hall–Kier alpha value is -4.53. The summed E-state index contributed by atoms with van der Waals surface area (Å²) in [6, 6.07) is 28.0. The lowest BCUT2D eigenvalue weighted by atomic mass is 9.80. The van der Waals surface area contributed by atoms with Crippen molar-refractivity contribution in [1.82, 2.24) is 5.32 Å². The summed E-state index contributed by atoms with van der Waals surface area (Å²) in [4.78, 5) is 22.9. The third kappa shape index (κ3) is 7.09. The van der Waals surface area contributed by atoms with Gasteiger partial charge in [-0.15, -0.1) is 0 Å². The van der Waals surface area contributed by atoms with E-state index in [9.17, 15) is 4.79 Å². The van der Waals surface area contributed by atoms with E-state index in [-0.39, 0.29) is 37.4 Å². The second kappa shape index (κ2) is 14.5. The Morgan fingerprint density at radius 2 is 1.72 bits per heavy atom. The van der Waals surface area contributed by atoms with Crippen LogP contribution < -0.4 is 10.1 Å². The number of hydrogen-bond acceptors (Lipinski definition) is 6. The number of nitrogens with zero attached hydrogens (tertiary/aromatic N) is 4. The Kier molecular flexibility index (Phi) is 9.99. The van der Waals surface area contributed by atoms with Crippen molar-refractivity contribution in [3.8, 4) is 5.75 Å². The summed E-state index contributed by atoms with van der Waals surface area (Å²) in [6.07, 6.45) is 1.15. The lowest BCUT2D eigenvalue weighted by Crippen LogP contribution is -2.53. The van der Waals surface area contributed by atoms with Gasteiger partial charge < -0.3 is 19.9 Å². The number of amides is 1. The van der Waals surface area contributed by atoms with Gasteiger partial charge in [0.1, 0.15) is 5.75 Å². The molecule has 0 bridgehead atoms. The van der Waals surface area contributed by atoms with Crippen molar-refractivity contribution in [3.63, 3.8) is 0 Å². The molecule has 2 aliphatic rings. The molecule has 1 aliphatic carbocycles. The van der Waals surface area contributed by atoms with Gasteiger partial charge in [-0.3, -0.25) is 4.79 Å². The summed E-state index contributed by atoms with van der Waals surface area (Å²) >= 11 is 13.1. The van der Waals surface area contributed by atoms with Gasteiger partial charge in [-0.05, 0) is 77.0 Å². The monoisotopic (exact) mass is 669 g/mol. The highest BCUT2D eigenvalue weighted by atomic mass is 35.5. The van der Waals surface area contributed by atoms with Crippen molar-refractivity contribution < 1.29 is 19.4 Å². The van der Waals surface area contributed by atoms with Gasteiger partial charge in [0.25, 0.3) is 5.91 Å². The van der Waals surface area contributed by atoms with Crippen molar-refractivity contribution >= 4 is 35.0 Å². The van der Waals surface area contributed by atoms with Crippen molar-refractivity contribution in [2.45, 2.75) is 49.9 Å². The minimum absolute atomic E-state index is 0.0421. The minimum Gasteiger partial charge on any atom is -0.494 e. The maximum Gasteiger partial charge on any atom is 0.252 e. The number of halogens is 2. The lowest BCUT2D eigenvalue weighted by molar-refractivity contribution is -0.129. The smallest absolute Gasteiger partial charge is 0.252 e. The van der Waals surface area contributed by atoms with Crippen molar-refractivity contribution in [2.24, 2.45) is 10.1 Å². The molecule has 47 heavy (non-hydrogen) atoms. The van der Waals surface area contributed by atoms with E-state index in [1.54, 1.807) is 30.3 Å². The highest BCUT2D eigenvalue weighted by Crippen LogP contribution is 2.45. The number of ether oxygens (including phenoxy) is 2. The minimum atomic E-state index is -1.50. The molecular weight excluding hydrogens is 637 g/mol. The zero-order chi connectivity index (χ0) is 32.8. The second-order valence-electron chi connectivity index (χ2n) is 11.6. The van der Waals surface area contributed by atoms with Crippen molar-refractivity contribution in [1.29, 1.82) is 0 Å². The first kappa shape index (κ1) is 32.4. The van der Waals surface area contributed by atoms with Gasteiger partial charge in [-0.1, -0.05) is 82.9 Å². The number of azide groups is 1. The zero-order valence-electron chi connectivity index (χ0n) is 25.5. The number of carbonyl (C=O) groups is 1. The Labute approximate surface area is 282 Å². The number of fused-ring (bicyclic) bond motifs is 1. The lowest BCUT2D eigenvalue weighted by Gasteiger charge is -2.33. The van der Waals surface area contributed by atoms with Crippen LogP contribution in [0.5, 0.6) is 5.75 Å². The third-order valence-electron chi connectivity index (χ3n) is 8.54. The molecule has 240 valence electrons. The molecule has 1 amide bonds. The van der Waals surface area contributed by atoms with Gasteiger partial charge in [0.2, 0.25) is 5.90 Å². The van der Waals surface area contributed by atoms with Gasteiger partial charge in [0.05, 0.1) is 13.2 Å². The molecule has 4 aromatic rings. The summed E-state index contributed by atoms with van der Waals surface area (Å²) in [5.41, 5.74) is 12.8. The highest BCUT2D eigenvalue weighted by Gasteiger charge is 2.54. The number of nitrogens with one attached hydrogen (secondary N) is 1. The zero-order valence-corrected chi connectivity index (χ0v) is 27.0. The van der Waals surface area contributed by atoms with E-state index in [0.29, 0.717) is 52.8 Å². The maximum absolute atomic E-state index is 14.9. The normalized spacial score (nSPS) is 18.5. The molecule has 11 heteroatoms. The molecule has 6 rings (SSSR count). The topological polar surface area (TPSA) is 129 Å². The van der Waals surface area contributed by atoms with Crippen LogP contribution in [0.3, 0.4) is 0 Å². The Balaban J connectivity index is 1.44. The number of aliphatic hydroxyl groups excluding tert-OH is 1. The van der Waals surface area contributed by atoms with Crippen molar-refractivity contribution in [3.05, 3.63) is 145 Å². The summed E-state index contributed by atoms with van der Waals surface area (Å²) in [7, 11) is 0. The van der Waals surface area contributed by atoms with Gasteiger partial charge in [0, 0.05) is 51.6 Å². The predicted molar refractivity (Wildman–Crippen MR) is 182 cm³/mol. The molecule has 4 aromatic carbocycles. The standard InChI is InChI=1S/C36H33Cl2N5O4/c37-28-12-15-31(32(38)20-28)33-36(21-26-8-3-4-9-27(26)22-40-43-39,35(45)41-29-18-24-6-1-2-7-25(24)19-29)42-34(47-33)23-10-13-30(14-11-23)46-17-5-16-44/h1-4,6-15,20,29,33,44H,5,16-19,21-22H2,(H,41,45)/t33-,36-/m1/s1. The van der Waals surface area contributed by atoms with Crippen LogP contribution in [0, 0.1) is 0 Å². The van der Waals surface area contributed by atoms with E-state index >= 15 is 0 Å². The van der Waals surface area contributed by atoms with Crippen LogP contribution in [0.1, 0.15) is 45.9 Å². The number of benzene rings is 4. The van der Waals surface area contributed by atoms with Gasteiger partial charge in [-0.25, -0.2) is 4.99 Å². The van der Waals surface area contributed by atoms with Crippen LogP contribution in [-0.2, 0) is 35.3 Å². The molecular formula is C36H33Cl2N5O4.